The fourth-order valence-electron chi connectivity index (χ4n) is 3.29. The van der Waals surface area contributed by atoms with Gasteiger partial charge in [0.2, 0.25) is 0 Å². The number of rotatable bonds is 18. The predicted molar refractivity (Wildman–Crippen MR) is 133 cm³/mol. The zero-order valence-electron chi connectivity index (χ0n) is 20.6. The first-order chi connectivity index (χ1) is 14.4. The highest BCUT2D eigenvalue weighted by atomic mass is 31.1. The first-order valence-electron chi connectivity index (χ1n) is 12.3. The molecular weight excluding hydrogens is 414 g/mol. The van der Waals surface area contributed by atoms with Gasteiger partial charge < -0.3 is 0 Å². The van der Waals surface area contributed by atoms with Gasteiger partial charge in [-0.1, -0.05) is 67.2 Å². The van der Waals surface area contributed by atoms with Crippen LogP contribution in [0.3, 0.4) is 0 Å². The van der Waals surface area contributed by atoms with Crippen LogP contribution in [0.15, 0.2) is 0 Å². The standard InChI is InChI=1S/C24H48O4P2/c1-7-11-15-29(16-12-8-2)19-21(5)23(25)27-28-24(26)22(6)20-30(17-13-9-3)18-14-10-4/h21-22H,7-20H2,1-6H3. The molecule has 0 bridgehead atoms. The van der Waals surface area contributed by atoms with Crippen molar-refractivity contribution in [2.75, 3.05) is 37.0 Å². The number of hydrogen-bond donors (Lipinski definition) is 0. The van der Waals surface area contributed by atoms with Gasteiger partial charge in [0.15, 0.2) is 0 Å². The Morgan fingerprint density at radius 3 is 1.10 bits per heavy atom. The topological polar surface area (TPSA) is 52.6 Å². The van der Waals surface area contributed by atoms with Gasteiger partial charge in [-0.15, -0.1) is 15.8 Å². The summed E-state index contributed by atoms with van der Waals surface area (Å²) >= 11 is 0. The zero-order chi connectivity index (χ0) is 22.8. The van der Waals surface area contributed by atoms with Crippen molar-refractivity contribution in [3.8, 4) is 0 Å². The van der Waals surface area contributed by atoms with Crippen molar-refractivity contribution in [2.24, 2.45) is 11.8 Å². The summed E-state index contributed by atoms with van der Waals surface area (Å²) in [5.74, 6) is -1.20. The van der Waals surface area contributed by atoms with Gasteiger partial charge in [-0.05, 0) is 62.7 Å². The fraction of sp³-hybridized carbons (Fsp3) is 0.917. The van der Waals surface area contributed by atoms with E-state index in [0.29, 0.717) is 0 Å². The van der Waals surface area contributed by atoms with Crippen LogP contribution in [-0.4, -0.2) is 48.9 Å². The quantitative estimate of drug-likeness (QED) is 0.121. The Kier molecular flexibility index (Phi) is 19.4. The lowest BCUT2D eigenvalue weighted by atomic mass is 10.2. The molecule has 2 atom stereocenters. The number of carbonyl (C=O) groups is 2. The van der Waals surface area contributed by atoms with Gasteiger partial charge in [0, 0.05) is 0 Å². The highest BCUT2D eigenvalue weighted by Crippen LogP contribution is 2.41. The minimum atomic E-state index is -0.393. The highest BCUT2D eigenvalue weighted by molar-refractivity contribution is 7.57. The molecule has 0 radical (unpaired) electrons. The van der Waals surface area contributed by atoms with Gasteiger partial charge in [0.1, 0.15) is 0 Å². The van der Waals surface area contributed by atoms with Crippen molar-refractivity contribution in [3.05, 3.63) is 0 Å². The number of carbonyl (C=O) groups excluding carboxylic acids is 2. The van der Waals surface area contributed by atoms with E-state index in [1.165, 1.54) is 76.0 Å². The van der Waals surface area contributed by atoms with Gasteiger partial charge in [-0.3, -0.25) is 0 Å². The minimum absolute atomic E-state index is 0.145. The molecule has 6 heteroatoms. The summed E-state index contributed by atoms with van der Waals surface area (Å²) in [5.41, 5.74) is 0. The van der Waals surface area contributed by atoms with E-state index in [4.69, 9.17) is 9.78 Å². The molecule has 0 spiro atoms. The molecule has 4 nitrogen and oxygen atoms in total. The number of hydrogen-bond acceptors (Lipinski definition) is 4. The molecule has 30 heavy (non-hydrogen) atoms. The van der Waals surface area contributed by atoms with E-state index in [1.54, 1.807) is 0 Å². The van der Waals surface area contributed by atoms with Crippen molar-refractivity contribution in [2.45, 2.75) is 92.9 Å². The van der Waals surface area contributed by atoms with Crippen LogP contribution in [0, 0.1) is 11.8 Å². The van der Waals surface area contributed by atoms with Gasteiger partial charge in [-0.2, -0.15) is 0 Å². The lowest BCUT2D eigenvalue weighted by Gasteiger charge is -2.21. The van der Waals surface area contributed by atoms with Crippen molar-refractivity contribution in [1.29, 1.82) is 0 Å². The second-order valence-electron chi connectivity index (χ2n) is 8.62. The predicted octanol–water partition coefficient (Wildman–Crippen LogP) is 7.42. The summed E-state index contributed by atoms with van der Waals surface area (Å²) in [5, 5.41) is 0. The SMILES string of the molecule is CCCCP(CCCC)CC(C)C(=O)OOC(=O)C(C)CP(CCCC)CCCC. The van der Waals surface area contributed by atoms with Crippen LogP contribution in [0.2, 0.25) is 0 Å². The Morgan fingerprint density at radius 1 is 0.600 bits per heavy atom. The molecule has 0 aromatic rings. The molecule has 2 unspecified atom stereocenters. The largest absolute Gasteiger partial charge is 0.358 e. The van der Waals surface area contributed by atoms with Crippen molar-refractivity contribution in [1.82, 2.24) is 0 Å². The molecule has 0 rings (SSSR count). The lowest BCUT2D eigenvalue weighted by Crippen LogP contribution is -2.24. The van der Waals surface area contributed by atoms with E-state index >= 15 is 0 Å². The first-order valence-corrected chi connectivity index (χ1v) is 16.1. The molecule has 0 fully saturated rings. The van der Waals surface area contributed by atoms with E-state index in [1.807, 2.05) is 13.8 Å². The van der Waals surface area contributed by atoms with Crippen molar-refractivity contribution in [3.63, 3.8) is 0 Å². The molecule has 0 aliphatic rings. The van der Waals surface area contributed by atoms with Crippen LogP contribution in [0.25, 0.3) is 0 Å². The van der Waals surface area contributed by atoms with Crippen LogP contribution in [0.1, 0.15) is 92.9 Å². The average molecular weight is 463 g/mol. The van der Waals surface area contributed by atoms with Gasteiger partial charge in [0.05, 0.1) is 11.8 Å². The van der Waals surface area contributed by atoms with Crippen LogP contribution in [-0.2, 0) is 19.4 Å². The first kappa shape index (κ1) is 29.8. The molecule has 0 saturated heterocycles. The Morgan fingerprint density at radius 2 is 0.867 bits per heavy atom. The Balaban J connectivity index is 4.47. The second kappa shape index (κ2) is 19.5. The lowest BCUT2D eigenvalue weighted by molar-refractivity contribution is -0.263. The monoisotopic (exact) mass is 462 g/mol. The van der Waals surface area contributed by atoms with Crippen LogP contribution in [0.4, 0.5) is 0 Å². The summed E-state index contributed by atoms with van der Waals surface area (Å²) in [6.45, 7) is 12.7. The molecule has 0 amide bonds. The molecule has 0 N–H and O–H groups in total. The summed E-state index contributed by atoms with van der Waals surface area (Å²) < 4.78 is 0. The van der Waals surface area contributed by atoms with Crippen LogP contribution in [0.5, 0.6) is 0 Å². The maximum absolute atomic E-state index is 12.4. The highest BCUT2D eigenvalue weighted by Gasteiger charge is 2.25. The van der Waals surface area contributed by atoms with E-state index in [-0.39, 0.29) is 27.7 Å². The molecule has 0 aromatic carbocycles. The van der Waals surface area contributed by atoms with Crippen LogP contribution < -0.4 is 0 Å². The second-order valence-corrected chi connectivity index (χ2v) is 13.8. The third-order valence-electron chi connectivity index (χ3n) is 5.39. The van der Waals surface area contributed by atoms with E-state index in [0.717, 1.165) is 12.3 Å². The molecule has 0 aliphatic carbocycles. The average Bonchev–Trinajstić information content (AvgIpc) is 2.74. The molecule has 178 valence electrons. The Hall–Kier alpha value is -0.200. The summed E-state index contributed by atoms with van der Waals surface area (Å²) in [6, 6.07) is 0. The minimum Gasteiger partial charge on any atom is -0.247 e. The van der Waals surface area contributed by atoms with Crippen molar-refractivity contribution >= 4 is 27.8 Å². The summed E-state index contributed by atoms with van der Waals surface area (Å²) in [7, 11) is -0.291. The molecular formula is C24H48O4P2. The fourth-order valence-corrected chi connectivity index (χ4v) is 9.36. The third kappa shape index (κ3) is 14.7. The van der Waals surface area contributed by atoms with Gasteiger partial charge in [-0.25, -0.2) is 19.4 Å². The summed E-state index contributed by atoms with van der Waals surface area (Å²) in [6.07, 6.45) is 16.3. The van der Waals surface area contributed by atoms with Gasteiger partial charge >= 0.3 is 11.9 Å². The van der Waals surface area contributed by atoms with E-state index in [2.05, 4.69) is 27.7 Å². The number of unbranched alkanes of at least 4 members (excludes halogenated alkanes) is 4. The molecule has 0 aromatic heterocycles. The van der Waals surface area contributed by atoms with E-state index in [9.17, 15) is 9.59 Å². The van der Waals surface area contributed by atoms with Gasteiger partial charge in [0.25, 0.3) is 0 Å². The zero-order valence-corrected chi connectivity index (χ0v) is 22.4. The van der Waals surface area contributed by atoms with Crippen molar-refractivity contribution < 1.29 is 19.4 Å². The summed E-state index contributed by atoms with van der Waals surface area (Å²) in [4.78, 5) is 34.7. The third-order valence-corrected chi connectivity index (χ3v) is 11.3. The Labute approximate surface area is 189 Å². The molecule has 0 aliphatic heterocycles. The normalized spacial score (nSPS) is 13.5. The molecule has 0 heterocycles. The van der Waals surface area contributed by atoms with E-state index < -0.39 is 11.9 Å². The van der Waals surface area contributed by atoms with Crippen LogP contribution >= 0.6 is 15.8 Å². The maximum atomic E-state index is 12.4. The Bertz CT molecular complexity index is 389. The molecule has 0 saturated carbocycles. The maximum Gasteiger partial charge on any atom is 0.358 e. The smallest absolute Gasteiger partial charge is 0.247 e.